The lowest BCUT2D eigenvalue weighted by molar-refractivity contribution is 0.187. The third kappa shape index (κ3) is 3.22. The summed E-state index contributed by atoms with van der Waals surface area (Å²) >= 11 is 9.73. The number of hydrogen-bond acceptors (Lipinski definition) is 1. The molecule has 1 heterocycles. The summed E-state index contributed by atoms with van der Waals surface area (Å²) in [6.45, 7) is 3.39. The van der Waals surface area contributed by atoms with Crippen molar-refractivity contribution in [3.05, 3.63) is 34.9 Å². The molecule has 0 radical (unpaired) electrons. The average molecular weight is 303 g/mol. The molecule has 1 aliphatic rings. The standard InChI is InChI=1S/C13H17BrClN/c14-9-11-5-7-16(8-6-11)10-12-3-1-2-4-13(12)15/h1-4,11H,5-10H2. The van der Waals surface area contributed by atoms with E-state index in [2.05, 4.69) is 33.0 Å². The summed E-state index contributed by atoms with van der Waals surface area (Å²) in [4.78, 5) is 2.50. The van der Waals surface area contributed by atoms with Crippen LogP contribution in [0.1, 0.15) is 18.4 Å². The van der Waals surface area contributed by atoms with Gasteiger partial charge >= 0.3 is 0 Å². The predicted octanol–water partition coefficient (Wildman–Crippen LogP) is 3.95. The number of hydrogen-bond donors (Lipinski definition) is 0. The van der Waals surface area contributed by atoms with Crippen molar-refractivity contribution in [2.24, 2.45) is 5.92 Å². The molecule has 0 amide bonds. The lowest BCUT2D eigenvalue weighted by atomic mass is 9.99. The van der Waals surface area contributed by atoms with Crippen LogP contribution in [0.4, 0.5) is 0 Å². The highest BCUT2D eigenvalue weighted by Crippen LogP contribution is 2.22. The molecular formula is C13H17BrClN. The molecule has 1 aromatic carbocycles. The van der Waals surface area contributed by atoms with Crippen LogP contribution in [-0.2, 0) is 6.54 Å². The number of likely N-dealkylation sites (tertiary alicyclic amines) is 1. The molecule has 1 aliphatic heterocycles. The maximum Gasteiger partial charge on any atom is 0.0451 e. The van der Waals surface area contributed by atoms with Gasteiger partial charge in [0.25, 0.3) is 0 Å². The Hall–Kier alpha value is -0.0500. The number of benzene rings is 1. The lowest BCUT2D eigenvalue weighted by Crippen LogP contribution is -2.33. The minimum Gasteiger partial charge on any atom is -0.299 e. The van der Waals surface area contributed by atoms with Crippen LogP contribution in [-0.4, -0.2) is 23.3 Å². The summed E-state index contributed by atoms with van der Waals surface area (Å²) in [6.07, 6.45) is 2.60. The third-order valence-corrected chi connectivity index (χ3v) is 4.56. The lowest BCUT2D eigenvalue weighted by Gasteiger charge is -2.31. The Kier molecular flexibility index (Phi) is 4.68. The second kappa shape index (κ2) is 6.04. The van der Waals surface area contributed by atoms with Gasteiger partial charge in [-0.05, 0) is 43.5 Å². The van der Waals surface area contributed by atoms with Crippen molar-refractivity contribution in [1.29, 1.82) is 0 Å². The number of halogens is 2. The van der Waals surface area contributed by atoms with Crippen LogP contribution in [0.15, 0.2) is 24.3 Å². The van der Waals surface area contributed by atoms with Crippen molar-refractivity contribution < 1.29 is 0 Å². The summed E-state index contributed by atoms with van der Waals surface area (Å²) < 4.78 is 0. The Bertz CT molecular complexity index is 334. The van der Waals surface area contributed by atoms with Crippen molar-refractivity contribution in [1.82, 2.24) is 4.90 Å². The topological polar surface area (TPSA) is 3.24 Å². The van der Waals surface area contributed by atoms with Crippen LogP contribution < -0.4 is 0 Å². The van der Waals surface area contributed by atoms with Crippen LogP contribution in [0.25, 0.3) is 0 Å². The predicted molar refractivity (Wildman–Crippen MR) is 73.2 cm³/mol. The van der Waals surface area contributed by atoms with Gasteiger partial charge in [-0.2, -0.15) is 0 Å². The summed E-state index contributed by atoms with van der Waals surface area (Å²) in [5, 5.41) is 2.04. The van der Waals surface area contributed by atoms with E-state index in [9.17, 15) is 0 Å². The van der Waals surface area contributed by atoms with Gasteiger partial charge in [0.05, 0.1) is 0 Å². The summed E-state index contributed by atoms with van der Waals surface area (Å²) in [5.41, 5.74) is 1.25. The fraction of sp³-hybridized carbons (Fsp3) is 0.538. The van der Waals surface area contributed by atoms with Gasteiger partial charge < -0.3 is 0 Å². The Morgan fingerprint density at radius 1 is 1.25 bits per heavy atom. The molecule has 16 heavy (non-hydrogen) atoms. The fourth-order valence-electron chi connectivity index (χ4n) is 2.17. The summed E-state index contributed by atoms with van der Waals surface area (Å²) in [7, 11) is 0. The quantitative estimate of drug-likeness (QED) is 0.764. The first kappa shape index (κ1) is 12.4. The van der Waals surface area contributed by atoms with E-state index >= 15 is 0 Å². The first-order valence-corrected chi connectivity index (χ1v) is 7.31. The van der Waals surface area contributed by atoms with E-state index < -0.39 is 0 Å². The largest absolute Gasteiger partial charge is 0.299 e. The van der Waals surface area contributed by atoms with Gasteiger partial charge in [0.2, 0.25) is 0 Å². The van der Waals surface area contributed by atoms with E-state index in [0.29, 0.717) is 0 Å². The molecule has 1 nitrogen and oxygen atoms in total. The second-order valence-electron chi connectivity index (χ2n) is 4.47. The highest BCUT2D eigenvalue weighted by molar-refractivity contribution is 9.09. The Balaban J connectivity index is 1.89. The molecule has 0 saturated carbocycles. The molecule has 0 N–H and O–H groups in total. The second-order valence-corrected chi connectivity index (χ2v) is 5.52. The van der Waals surface area contributed by atoms with Crippen LogP contribution in [0.5, 0.6) is 0 Å². The van der Waals surface area contributed by atoms with Crippen molar-refractivity contribution in [2.75, 3.05) is 18.4 Å². The molecule has 88 valence electrons. The molecule has 1 fully saturated rings. The summed E-state index contributed by atoms with van der Waals surface area (Å²) in [6, 6.07) is 8.15. The fourth-order valence-corrected chi connectivity index (χ4v) is 3.01. The monoisotopic (exact) mass is 301 g/mol. The molecule has 0 aliphatic carbocycles. The van der Waals surface area contributed by atoms with E-state index in [0.717, 1.165) is 22.8 Å². The van der Waals surface area contributed by atoms with Crippen molar-refractivity contribution in [3.8, 4) is 0 Å². The minimum absolute atomic E-state index is 0.863. The molecule has 3 heteroatoms. The zero-order valence-corrected chi connectivity index (χ0v) is 11.7. The van der Waals surface area contributed by atoms with Gasteiger partial charge in [0.1, 0.15) is 0 Å². The Labute approximate surface area is 111 Å². The van der Waals surface area contributed by atoms with Gasteiger partial charge in [-0.25, -0.2) is 0 Å². The van der Waals surface area contributed by atoms with E-state index in [4.69, 9.17) is 11.6 Å². The van der Waals surface area contributed by atoms with Crippen LogP contribution in [0.3, 0.4) is 0 Å². The van der Waals surface area contributed by atoms with Gasteiger partial charge in [-0.1, -0.05) is 45.7 Å². The van der Waals surface area contributed by atoms with E-state index in [1.54, 1.807) is 0 Å². The Morgan fingerprint density at radius 2 is 1.94 bits per heavy atom. The molecule has 0 aromatic heterocycles. The number of alkyl halides is 1. The molecule has 2 rings (SSSR count). The van der Waals surface area contributed by atoms with E-state index in [1.807, 2.05) is 12.1 Å². The molecule has 0 bridgehead atoms. The van der Waals surface area contributed by atoms with Crippen molar-refractivity contribution in [2.45, 2.75) is 19.4 Å². The molecule has 0 atom stereocenters. The molecule has 1 saturated heterocycles. The van der Waals surface area contributed by atoms with Gasteiger partial charge in [-0.15, -0.1) is 0 Å². The first-order chi connectivity index (χ1) is 7.79. The normalized spacial score (nSPS) is 18.9. The first-order valence-electron chi connectivity index (χ1n) is 5.81. The zero-order chi connectivity index (χ0) is 11.4. The average Bonchev–Trinajstić information content (AvgIpc) is 2.33. The Morgan fingerprint density at radius 3 is 2.56 bits per heavy atom. The van der Waals surface area contributed by atoms with Crippen molar-refractivity contribution in [3.63, 3.8) is 0 Å². The van der Waals surface area contributed by atoms with Crippen LogP contribution in [0.2, 0.25) is 5.02 Å². The van der Waals surface area contributed by atoms with Gasteiger partial charge in [0, 0.05) is 16.9 Å². The zero-order valence-electron chi connectivity index (χ0n) is 9.33. The maximum absolute atomic E-state index is 6.17. The highest BCUT2D eigenvalue weighted by atomic mass is 79.9. The molecule has 1 aromatic rings. The third-order valence-electron chi connectivity index (χ3n) is 3.28. The van der Waals surface area contributed by atoms with Gasteiger partial charge in [0.15, 0.2) is 0 Å². The molecule has 0 spiro atoms. The highest BCUT2D eigenvalue weighted by Gasteiger charge is 2.18. The maximum atomic E-state index is 6.17. The minimum atomic E-state index is 0.863. The van der Waals surface area contributed by atoms with Gasteiger partial charge in [-0.3, -0.25) is 4.90 Å². The number of rotatable bonds is 3. The van der Waals surface area contributed by atoms with E-state index in [1.165, 1.54) is 31.5 Å². The SMILES string of the molecule is Clc1ccccc1CN1CCC(CBr)CC1. The molecular weight excluding hydrogens is 286 g/mol. The number of piperidine rings is 1. The molecule has 0 unspecified atom stereocenters. The van der Waals surface area contributed by atoms with E-state index in [-0.39, 0.29) is 0 Å². The summed E-state index contributed by atoms with van der Waals surface area (Å²) in [5.74, 6) is 0.863. The number of nitrogens with zero attached hydrogens (tertiary/aromatic N) is 1. The van der Waals surface area contributed by atoms with Crippen LogP contribution >= 0.6 is 27.5 Å². The van der Waals surface area contributed by atoms with Crippen molar-refractivity contribution >= 4 is 27.5 Å². The van der Waals surface area contributed by atoms with Crippen LogP contribution in [0, 0.1) is 5.92 Å². The smallest absolute Gasteiger partial charge is 0.0451 e.